The van der Waals surface area contributed by atoms with E-state index in [4.69, 9.17) is 9.88 Å². The van der Waals surface area contributed by atoms with E-state index in [1.165, 1.54) is 0 Å². The molecule has 110 valence electrons. The summed E-state index contributed by atoms with van der Waals surface area (Å²) in [4.78, 5) is 12.0. The molecule has 7 heteroatoms. The average Bonchev–Trinajstić information content (AvgIpc) is 2.76. The van der Waals surface area contributed by atoms with Gasteiger partial charge in [-0.2, -0.15) is 0 Å². The molecule has 1 aliphatic heterocycles. The Morgan fingerprint density at radius 1 is 1.40 bits per heavy atom. The molecule has 1 fully saturated rings. The largest absolute Gasteiger partial charge is 0.368 e. The van der Waals surface area contributed by atoms with E-state index in [-0.39, 0.29) is 17.6 Å². The van der Waals surface area contributed by atoms with E-state index in [9.17, 15) is 13.2 Å². The maximum Gasteiger partial charge on any atom is 0.253 e. The van der Waals surface area contributed by atoms with Crippen LogP contribution in [-0.2, 0) is 25.3 Å². The fourth-order valence-corrected chi connectivity index (χ4v) is 2.82. The predicted octanol–water partition coefficient (Wildman–Crippen LogP) is 0.839. The lowest BCUT2D eigenvalue weighted by molar-refractivity contribution is -0.126. The van der Waals surface area contributed by atoms with Crippen LogP contribution in [0.2, 0.25) is 0 Å². The van der Waals surface area contributed by atoms with E-state index in [1.807, 2.05) is 6.92 Å². The van der Waals surface area contributed by atoms with Gasteiger partial charge in [-0.1, -0.05) is 19.1 Å². The topological polar surface area (TPSA) is 98.5 Å². The Morgan fingerprint density at radius 2 is 2.05 bits per heavy atom. The second-order valence-corrected chi connectivity index (χ2v) is 6.67. The van der Waals surface area contributed by atoms with Crippen LogP contribution in [0.1, 0.15) is 18.9 Å². The van der Waals surface area contributed by atoms with Gasteiger partial charge in [0.05, 0.1) is 5.75 Å². The molecule has 1 aromatic carbocycles. The van der Waals surface area contributed by atoms with Crippen molar-refractivity contribution in [3.05, 3.63) is 29.8 Å². The van der Waals surface area contributed by atoms with E-state index in [0.29, 0.717) is 17.9 Å². The first-order valence-electron chi connectivity index (χ1n) is 6.37. The molecule has 2 atom stereocenters. The van der Waals surface area contributed by atoms with Crippen molar-refractivity contribution in [2.24, 2.45) is 11.1 Å². The first-order chi connectivity index (χ1) is 9.35. The van der Waals surface area contributed by atoms with Crippen molar-refractivity contribution in [1.29, 1.82) is 0 Å². The van der Waals surface area contributed by atoms with Crippen molar-refractivity contribution in [3.63, 3.8) is 0 Å². The number of rotatable bonds is 4. The van der Waals surface area contributed by atoms with Gasteiger partial charge in [0, 0.05) is 12.3 Å². The lowest BCUT2D eigenvalue weighted by atomic mass is 10.0. The molecule has 0 bridgehead atoms. The summed E-state index contributed by atoms with van der Waals surface area (Å²) in [5, 5.41) is 7.73. The molecule has 0 spiro atoms. The Kier molecular flexibility index (Phi) is 4.42. The van der Waals surface area contributed by atoms with E-state index in [2.05, 4.69) is 5.32 Å². The highest BCUT2D eigenvalue weighted by Gasteiger charge is 2.30. The van der Waals surface area contributed by atoms with E-state index in [1.54, 1.807) is 24.3 Å². The quantitative estimate of drug-likeness (QED) is 0.860. The Labute approximate surface area is 118 Å². The molecule has 1 saturated heterocycles. The fourth-order valence-electron chi connectivity index (χ4n) is 2.16. The number of carbonyl (C=O) groups excluding carboxylic acids is 1. The van der Waals surface area contributed by atoms with Crippen LogP contribution >= 0.6 is 0 Å². The van der Waals surface area contributed by atoms with Crippen molar-refractivity contribution in [1.82, 2.24) is 0 Å². The maximum absolute atomic E-state index is 12.0. The van der Waals surface area contributed by atoms with Gasteiger partial charge in [-0.15, -0.1) is 0 Å². The third-order valence-electron chi connectivity index (χ3n) is 3.24. The van der Waals surface area contributed by atoms with Crippen molar-refractivity contribution in [2.75, 3.05) is 11.9 Å². The Morgan fingerprint density at radius 3 is 2.55 bits per heavy atom. The number of benzene rings is 1. The van der Waals surface area contributed by atoms with Gasteiger partial charge >= 0.3 is 0 Å². The third kappa shape index (κ3) is 4.03. The minimum absolute atomic E-state index is 0.172. The van der Waals surface area contributed by atoms with Crippen molar-refractivity contribution in [3.8, 4) is 0 Å². The molecule has 6 nitrogen and oxygen atoms in total. The van der Waals surface area contributed by atoms with Crippen molar-refractivity contribution in [2.45, 2.75) is 25.2 Å². The maximum atomic E-state index is 12.0. The number of primary sulfonamides is 1. The highest BCUT2D eigenvalue weighted by Crippen LogP contribution is 2.21. The Balaban J connectivity index is 1.98. The molecule has 2 rings (SSSR count). The first kappa shape index (κ1) is 15.0. The number of hydrogen-bond acceptors (Lipinski definition) is 4. The van der Waals surface area contributed by atoms with Gasteiger partial charge in [0.2, 0.25) is 10.0 Å². The predicted molar refractivity (Wildman–Crippen MR) is 75.4 cm³/mol. The van der Waals surface area contributed by atoms with E-state index < -0.39 is 16.1 Å². The van der Waals surface area contributed by atoms with Crippen LogP contribution in [0, 0.1) is 5.92 Å². The number of carbonyl (C=O) groups is 1. The van der Waals surface area contributed by atoms with Gasteiger partial charge in [-0.25, -0.2) is 13.6 Å². The zero-order chi connectivity index (χ0) is 14.8. The zero-order valence-electron chi connectivity index (χ0n) is 11.2. The van der Waals surface area contributed by atoms with Crippen LogP contribution < -0.4 is 10.5 Å². The molecule has 1 aliphatic rings. The number of nitrogens with two attached hydrogens (primary N) is 1. The highest BCUT2D eigenvalue weighted by atomic mass is 32.2. The first-order valence-corrected chi connectivity index (χ1v) is 8.08. The lowest BCUT2D eigenvalue weighted by Gasteiger charge is -2.14. The van der Waals surface area contributed by atoms with E-state index >= 15 is 0 Å². The van der Waals surface area contributed by atoms with Crippen molar-refractivity contribution >= 4 is 21.6 Å². The van der Waals surface area contributed by atoms with Crippen LogP contribution in [0.5, 0.6) is 0 Å². The summed E-state index contributed by atoms with van der Waals surface area (Å²) in [6, 6.07) is 6.55. The average molecular weight is 298 g/mol. The van der Waals surface area contributed by atoms with Gasteiger partial charge in [0.15, 0.2) is 0 Å². The smallest absolute Gasteiger partial charge is 0.253 e. The summed E-state index contributed by atoms with van der Waals surface area (Å²) >= 11 is 0. The van der Waals surface area contributed by atoms with Gasteiger partial charge in [-0.05, 0) is 30.0 Å². The molecular weight excluding hydrogens is 280 g/mol. The molecule has 0 aliphatic carbocycles. The molecule has 2 unspecified atom stereocenters. The number of nitrogens with one attached hydrogen (secondary N) is 1. The third-order valence-corrected chi connectivity index (χ3v) is 3.97. The van der Waals surface area contributed by atoms with Crippen molar-refractivity contribution < 1.29 is 17.9 Å². The molecule has 0 radical (unpaired) electrons. The molecule has 1 aromatic rings. The van der Waals surface area contributed by atoms with Crippen LogP contribution in [0.25, 0.3) is 0 Å². The summed E-state index contributed by atoms with van der Waals surface area (Å²) in [6.07, 6.45) is 0.463. The molecule has 0 aromatic heterocycles. The lowest BCUT2D eigenvalue weighted by Crippen LogP contribution is -2.31. The molecule has 0 saturated carbocycles. The summed E-state index contributed by atoms with van der Waals surface area (Å²) in [5.74, 6) is -0.185. The van der Waals surface area contributed by atoms with Crippen LogP contribution in [-0.4, -0.2) is 27.0 Å². The molecular formula is C13H18N2O4S. The molecule has 20 heavy (non-hydrogen) atoms. The van der Waals surface area contributed by atoms with Gasteiger partial charge in [0.25, 0.3) is 5.91 Å². The molecule has 1 heterocycles. The number of ether oxygens (including phenoxy) is 1. The summed E-state index contributed by atoms with van der Waals surface area (Å²) in [6.45, 7) is 2.58. The number of hydrogen-bond donors (Lipinski definition) is 2. The summed E-state index contributed by atoms with van der Waals surface area (Å²) in [5.41, 5.74) is 1.19. The highest BCUT2D eigenvalue weighted by molar-refractivity contribution is 7.88. The van der Waals surface area contributed by atoms with Crippen LogP contribution in [0.3, 0.4) is 0 Å². The van der Waals surface area contributed by atoms with Gasteiger partial charge in [0.1, 0.15) is 6.10 Å². The van der Waals surface area contributed by atoms with Gasteiger partial charge < -0.3 is 10.1 Å². The SMILES string of the molecule is CC1CCOC1C(=O)Nc1ccc(CS(N)(=O)=O)cc1. The fraction of sp³-hybridized carbons (Fsp3) is 0.462. The molecule has 1 amide bonds. The molecule has 3 N–H and O–H groups in total. The zero-order valence-corrected chi connectivity index (χ0v) is 12.0. The minimum atomic E-state index is -3.54. The Hall–Kier alpha value is -1.44. The second-order valence-electron chi connectivity index (χ2n) is 5.05. The van der Waals surface area contributed by atoms with E-state index in [0.717, 1.165) is 6.42 Å². The van der Waals surface area contributed by atoms with Gasteiger partial charge in [-0.3, -0.25) is 4.79 Å². The normalized spacial score (nSPS) is 22.7. The van der Waals surface area contributed by atoms with Crippen LogP contribution in [0.4, 0.5) is 5.69 Å². The number of amides is 1. The summed E-state index contributed by atoms with van der Waals surface area (Å²) < 4.78 is 27.3. The Bertz CT molecular complexity index is 583. The number of anilines is 1. The number of sulfonamides is 1. The standard InChI is InChI=1S/C13H18N2O4S/c1-9-6-7-19-12(9)13(16)15-11-4-2-10(3-5-11)8-20(14,17)18/h2-5,9,12H,6-8H2,1H3,(H,15,16)(H2,14,17,18). The monoisotopic (exact) mass is 298 g/mol. The minimum Gasteiger partial charge on any atom is -0.368 e. The van der Waals surface area contributed by atoms with Crippen LogP contribution in [0.15, 0.2) is 24.3 Å². The summed E-state index contributed by atoms with van der Waals surface area (Å²) in [7, 11) is -3.54. The second kappa shape index (κ2) is 5.90.